The van der Waals surface area contributed by atoms with Crippen LogP contribution >= 0.6 is 0 Å². The fraction of sp³-hybridized carbons (Fsp3) is 0.222. The number of carboxylic acid groups (broad SMARTS) is 1. The molecule has 1 atom stereocenters. The maximum absolute atomic E-state index is 12.8. The van der Waals surface area contributed by atoms with E-state index in [1.165, 1.54) is 18.2 Å². The lowest BCUT2D eigenvalue weighted by Gasteiger charge is -2.12. The molecule has 0 radical (unpaired) electrons. The third-order valence-electron chi connectivity index (χ3n) is 3.96. The van der Waals surface area contributed by atoms with Gasteiger partial charge in [-0.15, -0.1) is 0 Å². The summed E-state index contributed by atoms with van der Waals surface area (Å²) in [5.41, 5.74) is 1.21. The van der Waals surface area contributed by atoms with Crippen LogP contribution in [0.1, 0.15) is 29.8 Å². The average Bonchev–Trinajstić information content (AvgIpc) is 2.60. The van der Waals surface area contributed by atoms with Crippen LogP contribution in [0.5, 0.6) is 0 Å². The van der Waals surface area contributed by atoms with Crippen LogP contribution in [-0.4, -0.2) is 21.4 Å². The van der Waals surface area contributed by atoms with E-state index < -0.39 is 17.1 Å². The predicted molar refractivity (Wildman–Crippen MR) is 93.3 cm³/mol. The zero-order valence-corrected chi connectivity index (χ0v) is 14.1. The van der Waals surface area contributed by atoms with E-state index in [0.717, 1.165) is 5.56 Å². The SMILES string of the molecule is CCc1cc([S+]([O-])CC)c2oc3ccc(C(=O)O)cc3c(=O)c2c1. The van der Waals surface area contributed by atoms with Crippen molar-refractivity contribution in [1.82, 2.24) is 0 Å². The molecule has 0 saturated carbocycles. The highest BCUT2D eigenvalue weighted by Gasteiger charge is 2.20. The zero-order chi connectivity index (χ0) is 17.4. The summed E-state index contributed by atoms with van der Waals surface area (Å²) < 4.78 is 18.2. The number of carbonyl (C=O) groups is 1. The van der Waals surface area contributed by atoms with E-state index in [4.69, 9.17) is 9.52 Å². The van der Waals surface area contributed by atoms with Crippen molar-refractivity contribution in [3.63, 3.8) is 0 Å². The van der Waals surface area contributed by atoms with Gasteiger partial charge in [0.2, 0.25) is 5.43 Å². The quantitative estimate of drug-likeness (QED) is 0.579. The minimum atomic E-state index is -1.27. The minimum Gasteiger partial charge on any atom is -0.611 e. The van der Waals surface area contributed by atoms with Gasteiger partial charge in [0.15, 0.2) is 10.5 Å². The fourth-order valence-electron chi connectivity index (χ4n) is 2.65. The number of fused-ring (bicyclic) bond motifs is 2. The Hall–Kier alpha value is -2.31. The number of carboxylic acids is 1. The van der Waals surface area contributed by atoms with Crippen molar-refractivity contribution in [1.29, 1.82) is 0 Å². The van der Waals surface area contributed by atoms with Crippen LogP contribution in [0, 0.1) is 0 Å². The molecule has 0 fully saturated rings. The van der Waals surface area contributed by atoms with Gasteiger partial charge in [0.25, 0.3) is 0 Å². The Morgan fingerprint density at radius 3 is 2.58 bits per heavy atom. The lowest BCUT2D eigenvalue weighted by atomic mass is 10.1. The van der Waals surface area contributed by atoms with Gasteiger partial charge in [0.1, 0.15) is 11.3 Å². The van der Waals surface area contributed by atoms with E-state index >= 15 is 0 Å². The number of benzene rings is 2. The molecule has 1 aromatic heterocycles. The van der Waals surface area contributed by atoms with Crippen molar-refractivity contribution >= 4 is 39.1 Å². The van der Waals surface area contributed by atoms with E-state index in [-0.39, 0.29) is 22.0 Å². The first-order valence-corrected chi connectivity index (χ1v) is 8.93. The molecule has 0 aliphatic rings. The molecular formula is C18H16O5S. The summed E-state index contributed by atoms with van der Waals surface area (Å²) in [5.74, 6) is -0.686. The Morgan fingerprint density at radius 2 is 1.96 bits per heavy atom. The fourth-order valence-corrected chi connectivity index (χ4v) is 3.60. The lowest BCUT2D eigenvalue weighted by molar-refractivity contribution is 0.0697. The molecule has 0 aliphatic carbocycles. The van der Waals surface area contributed by atoms with Gasteiger partial charge in [-0.25, -0.2) is 4.79 Å². The number of hydrogen-bond donors (Lipinski definition) is 1. The second-order valence-electron chi connectivity index (χ2n) is 5.41. The van der Waals surface area contributed by atoms with Gasteiger partial charge in [-0.1, -0.05) is 6.92 Å². The van der Waals surface area contributed by atoms with Crippen LogP contribution < -0.4 is 5.43 Å². The third kappa shape index (κ3) is 2.68. The van der Waals surface area contributed by atoms with Crippen LogP contribution in [0.2, 0.25) is 0 Å². The van der Waals surface area contributed by atoms with Gasteiger partial charge >= 0.3 is 5.97 Å². The Morgan fingerprint density at radius 1 is 1.21 bits per heavy atom. The summed E-state index contributed by atoms with van der Waals surface area (Å²) in [5, 5.41) is 9.65. The highest BCUT2D eigenvalue weighted by atomic mass is 32.2. The van der Waals surface area contributed by atoms with Crippen molar-refractivity contribution in [3.05, 3.63) is 51.7 Å². The van der Waals surface area contributed by atoms with E-state index in [0.29, 0.717) is 28.0 Å². The second kappa shape index (κ2) is 6.30. The molecule has 0 amide bonds. The maximum atomic E-state index is 12.8. The number of aromatic carboxylic acids is 1. The van der Waals surface area contributed by atoms with Gasteiger partial charge < -0.3 is 14.1 Å². The van der Waals surface area contributed by atoms with Crippen molar-refractivity contribution < 1.29 is 18.9 Å². The van der Waals surface area contributed by atoms with Gasteiger partial charge in [-0.05, 0) is 54.3 Å². The van der Waals surface area contributed by atoms with Crippen molar-refractivity contribution in [2.45, 2.75) is 25.2 Å². The molecule has 3 aromatic rings. The molecule has 1 N–H and O–H groups in total. The molecule has 0 bridgehead atoms. The van der Waals surface area contributed by atoms with Crippen LogP contribution in [-0.2, 0) is 17.6 Å². The van der Waals surface area contributed by atoms with Crippen molar-refractivity contribution in [2.75, 3.05) is 5.75 Å². The molecule has 0 spiro atoms. The van der Waals surface area contributed by atoms with Gasteiger partial charge in [-0.2, -0.15) is 0 Å². The molecule has 6 heteroatoms. The summed E-state index contributed by atoms with van der Waals surface area (Å²) >= 11 is -1.27. The van der Waals surface area contributed by atoms with E-state index in [2.05, 4.69) is 0 Å². The highest BCUT2D eigenvalue weighted by Crippen LogP contribution is 2.28. The van der Waals surface area contributed by atoms with Crippen LogP contribution in [0.15, 0.2) is 44.4 Å². The van der Waals surface area contributed by atoms with E-state index in [1.807, 2.05) is 13.0 Å². The van der Waals surface area contributed by atoms with Gasteiger partial charge in [0.05, 0.1) is 16.3 Å². The first-order chi connectivity index (χ1) is 11.5. The summed E-state index contributed by atoms with van der Waals surface area (Å²) in [4.78, 5) is 24.5. The smallest absolute Gasteiger partial charge is 0.335 e. The predicted octanol–water partition coefficient (Wildman–Crippen LogP) is 3.33. The first kappa shape index (κ1) is 16.5. The second-order valence-corrected chi connectivity index (χ2v) is 7.11. The monoisotopic (exact) mass is 344 g/mol. The molecule has 2 aromatic carbocycles. The summed E-state index contributed by atoms with van der Waals surface area (Å²) in [6.07, 6.45) is 0.691. The molecule has 1 heterocycles. The van der Waals surface area contributed by atoms with Gasteiger partial charge in [0, 0.05) is 6.07 Å². The Kier molecular flexibility index (Phi) is 4.34. The molecule has 0 saturated heterocycles. The number of aryl methyl sites for hydroxylation is 1. The summed E-state index contributed by atoms with van der Waals surface area (Å²) in [6.45, 7) is 3.75. The van der Waals surface area contributed by atoms with Crippen molar-refractivity contribution in [3.8, 4) is 0 Å². The van der Waals surface area contributed by atoms with Crippen LogP contribution in [0.4, 0.5) is 0 Å². The van der Waals surface area contributed by atoms with Crippen LogP contribution in [0.3, 0.4) is 0 Å². The Balaban J connectivity index is 2.44. The normalized spacial score (nSPS) is 12.6. The zero-order valence-electron chi connectivity index (χ0n) is 13.3. The molecule has 3 rings (SSSR count). The van der Waals surface area contributed by atoms with Crippen molar-refractivity contribution in [2.24, 2.45) is 0 Å². The standard InChI is InChI=1S/C18H16O5S/c1-3-10-7-13-16(19)12-9-11(18(20)21)5-6-14(12)23-17(13)15(8-10)24(22)4-2/h5-9H,3-4H2,1-2H3,(H,20,21). The topological polar surface area (TPSA) is 90.6 Å². The molecule has 0 aliphatic heterocycles. The molecule has 5 nitrogen and oxygen atoms in total. The first-order valence-electron chi connectivity index (χ1n) is 7.61. The highest BCUT2D eigenvalue weighted by molar-refractivity contribution is 7.91. The summed E-state index contributed by atoms with van der Waals surface area (Å²) in [7, 11) is 0. The molecular weight excluding hydrogens is 328 g/mol. The average molecular weight is 344 g/mol. The van der Waals surface area contributed by atoms with E-state index in [1.54, 1.807) is 13.0 Å². The lowest BCUT2D eigenvalue weighted by Crippen LogP contribution is -2.10. The third-order valence-corrected chi connectivity index (χ3v) is 5.28. The summed E-state index contributed by atoms with van der Waals surface area (Å²) in [6, 6.07) is 7.70. The molecule has 1 unspecified atom stereocenters. The Labute approximate surface area is 141 Å². The van der Waals surface area contributed by atoms with Crippen LogP contribution in [0.25, 0.3) is 21.9 Å². The largest absolute Gasteiger partial charge is 0.611 e. The molecule has 24 heavy (non-hydrogen) atoms. The Bertz CT molecular complexity index is 1010. The minimum absolute atomic E-state index is 0.0261. The van der Waals surface area contributed by atoms with E-state index in [9.17, 15) is 14.1 Å². The molecule has 124 valence electrons. The van der Waals surface area contributed by atoms with Gasteiger partial charge in [-0.3, -0.25) is 4.79 Å². The maximum Gasteiger partial charge on any atom is 0.335 e. The number of hydrogen-bond acceptors (Lipinski definition) is 4. The number of rotatable bonds is 4.